The average Bonchev–Trinajstić information content (AvgIpc) is 2.75. The van der Waals surface area contributed by atoms with E-state index >= 15 is 0 Å². The van der Waals surface area contributed by atoms with Gasteiger partial charge in [-0.05, 0) is 35.2 Å². The van der Waals surface area contributed by atoms with Crippen molar-refractivity contribution in [1.82, 2.24) is 5.32 Å². The molecule has 1 aromatic heterocycles. The summed E-state index contributed by atoms with van der Waals surface area (Å²) in [5, 5.41) is 7.71. The molecule has 0 aromatic carbocycles. The van der Waals surface area contributed by atoms with Gasteiger partial charge in [-0.25, -0.2) is 0 Å². The lowest BCUT2D eigenvalue weighted by molar-refractivity contribution is 0.110. The third kappa shape index (κ3) is 2.79. The van der Waals surface area contributed by atoms with Gasteiger partial charge in [0.15, 0.2) is 0 Å². The van der Waals surface area contributed by atoms with Gasteiger partial charge in [0.1, 0.15) is 0 Å². The minimum Gasteiger partial charge on any atom is -0.377 e. The fraction of sp³-hybridized carbons (Fsp3) is 0.600. The van der Waals surface area contributed by atoms with Crippen molar-refractivity contribution in [2.75, 3.05) is 13.2 Å². The molecule has 1 fully saturated rings. The highest BCUT2D eigenvalue weighted by atomic mass is 32.1. The molecule has 0 spiro atoms. The summed E-state index contributed by atoms with van der Waals surface area (Å²) >= 11 is 1.75. The minimum atomic E-state index is 0.457. The van der Waals surface area contributed by atoms with Gasteiger partial charge in [0.2, 0.25) is 0 Å². The van der Waals surface area contributed by atoms with E-state index in [0.29, 0.717) is 6.10 Å². The summed E-state index contributed by atoms with van der Waals surface area (Å²) in [7, 11) is 0. The quantitative estimate of drug-likeness (QED) is 0.797. The maximum Gasteiger partial charge on any atom is 0.0700 e. The number of thiophene rings is 1. The van der Waals surface area contributed by atoms with Gasteiger partial charge in [0.25, 0.3) is 0 Å². The van der Waals surface area contributed by atoms with Crippen LogP contribution in [0.5, 0.6) is 0 Å². The van der Waals surface area contributed by atoms with Gasteiger partial charge in [-0.1, -0.05) is 0 Å². The van der Waals surface area contributed by atoms with Crippen LogP contribution in [-0.2, 0) is 11.3 Å². The summed E-state index contributed by atoms with van der Waals surface area (Å²) < 4.78 is 5.51. The van der Waals surface area contributed by atoms with Crippen molar-refractivity contribution < 1.29 is 4.74 Å². The number of nitrogens with one attached hydrogen (secondary N) is 1. The molecule has 0 bridgehead atoms. The van der Waals surface area contributed by atoms with Crippen LogP contribution in [0.25, 0.3) is 0 Å². The molecule has 0 radical (unpaired) electrons. The van der Waals surface area contributed by atoms with E-state index in [1.165, 1.54) is 18.4 Å². The van der Waals surface area contributed by atoms with Gasteiger partial charge in [-0.2, -0.15) is 11.3 Å². The fourth-order valence-electron chi connectivity index (χ4n) is 1.58. The lowest BCUT2D eigenvalue weighted by Gasteiger charge is -2.09. The van der Waals surface area contributed by atoms with Crippen LogP contribution in [0.1, 0.15) is 18.4 Å². The van der Waals surface area contributed by atoms with Crippen LogP contribution in [-0.4, -0.2) is 19.3 Å². The summed E-state index contributed by atoms with van der Waals surface area (Å²) in [6, 6.07) is 2.16. The first-order valence-electron chi connectivity index (χ1n) is 4.78. The van der Waals surface area contributed by atoms with Crippen LogP contribution in [0.2, 0.25) is 0 Å². The predicted octanol–water partition coefficient (Wildman–Crippen LogP) is 2.02. The van der Waals surface area contributed by atoms with Gasteiger partial charge in [-0.3, -0.25) is 0 Å². The Balaban J connectivity index is 1.63. The van der Waals surface area contributed by atoms with Crippen molar-refractivity contribution in [3.05, 3.63) is 22.4 Å². The highest BCUT2D eigenvalue weighted by Gasteiger charge is 2.14. The molecule has 1 N–H and O–H groups in total. The van der Waals surface area contributed by atoms with Crippen molar-refractivity contribution in [1.29, 1.82) is 0 Å². The topological polar surface area (TPSA) is 21.3 Å². The van der Waals surface area contributed by atoms with Crippen LogP contribution in [0, 0.1) is 0 Å². The second kappa shape index (κ2) is 4.74. The van der Waals surface area contributed by atoms with Gasteiger partial charge in [0, 0.05) is 19.7 Å². The lowest BCUT2D eigenvalue weighted by Crippen LogP contribution is -2.25. The molecule has 0 aliphatic carbocycles. The SMILES string of the molecule is c1cc(CNC[C@H]2CCCO2)cs1. The van der Waals surface area contributed by atoms with E-state index in [2.05, 4.69) is 22.1 Å². The Morgan fingerprint density at radius 3 is 3.31 bits per heavy atom. The molecule has 2 heterocycles. The second-order valence-corrected chi connectivity index (χ2v) is 4.18. The van der Waals surface area contributed by atoms with E-state index in [0.717, 1.165) is 19.7 Å². The van der Waals surface area contributed by atoms with E-state index in [-0.39, 0.29) is 0 Å². The van der Waals surface area contributed by atoms with Gasteiger partial charge >= 0.3 is 0 Å². The minimum absolute atomic E-state index is 0.457. The van der Waals surface area contributed by atoms with E-state index in [1.807, 2.05) is 0 Å². The molecule has 1 aliphatic rings. The van der Waals surface area contributed by atoms with Gasteiger partial charge in [0.05, 0.1) is 6.10 Å². The Bertz CT molecular complexity index is 229. The zero-order valence-electron chi connectivity index (χ0n) is 7.66. The van der Waals surface area contributed by atoms with E-state index < -0.39 is 0 Å². The Labute approximate surface area is 82.9 Å². The predicted molar refractivity (Wildman–Crippen MR) is 55.0 cm³/mol. The number of hydrogen-bond acceptors (Lipinski definition) is 3. The Morgan fingerprint density at radius 2 is 2.62 bits per heavy atom. The molecule has 1 aliphatic heterocycles. The first-order chi connectivity index (χ1) is 6.45. The molecule has 2 rings (SSSR count). The van der Waals surface area contributed by atoms with Crippen molar-refractivity contribution >= 4 is 11.3 Å². The van der Waals surface area contributed by atoms with Crippen LogP contribution >= 0.6 is 11.3 Å². The second-order valence-electron chi connectivity index (χ2n) is 3.40. The summed E-state index contributed by atoms with van der Waals surface area (Å²) in [6.07, 6.45) is 2.90. The maximum atomic E-state index is 5.51. The van der Waals surface area contributed by atoms with Crippen molar-refractivity contribution in [2.45, 2.75) is 25.5 Å². The first-order valence-corrected chi connectivity index (χ1v) is 5.73. The molecular formula is C10H15NOS. The fourth-order valence-corrected chi connectivity index (χ4v) is 2.24. The van der Waals surface area contributed by atoms with Crippen molar-refractivity contribution in [3.8, 4) is 0 Å². The molecule has 3 heteroatoms. The summed E-state index contributed by atoms with van der Waals surface area (Å²) in [4.78, 5) is 0. The molecule has 2 nitrogen and oxygen atoms in total. The molecule has 72 valence electrons. The highest BCUT2D eigenvalue weighted by Crippen LogP contribution is 2.11. The molecule has 1 saturated heterocycles. The van der Waals surface area contributed by atoms with E-state index in [4.69, 9.17) is 4.74 Å². The third-order valence-corrected chi connectivity index (χ3v) is 3.04. The molecule has 1 aromatic rings. The van der Waals surface area contributed by atoms with E-state index in [9.17, 15) is 0 Å². The van der Waals surface area contributed by atoms with E-state index in [1.54, 1.807) is 11.3 Å². The molecule has 1 atom stereocenters. The van der Waals surface area contributed by atoms with Crippen LogP contribution in [0.15, 0.2) is 16.8 Å². The zero-order chi connectivity index (χ0) is 8.93. The van der Waals surface area contributed by atoms with Gasteiger partial charge in [-0.15, -0.1) is 0 Å². The first kappa shape index (κ1) is 9.19. The molecule has 13 heavy (non-hydrogen) atoms. The molecular weight excluding hydrogens is 182 g/mol. The molecule has 0 saturated carbocycles. The largest absolute Gasteiger partial charge is 0.377 e. The number of rotatable bonds is 4. The normalized spacial score (nSPS) is 22.3. The Hall–Kier alpha value is -0.380. The summed E-state index contributed by atoms with van der Waals surface area (Å²) in [5.74, 6) is 0. The molecule has 0 unspecified atom stereocenters. The maximum absolute atomic E-state index is 5.51. The summed E-state index contributed by atoms with van der Waals surface area (Å²) in [5.41, 5.74) is 1.38. The summed E-state index contributed by atoms with van der Waals surface area (Å²) in [6.45, 7) is 2.92. The average molecular weight is 197 g/mol. The highest BCUT2D eigenvalue weighted by molar-refractivity contribution is 7.07. The Morgan fingerprint density at radius 1 is 1.62 bits per heavy atom. The monoisotopic (exact) mass is 197 g/mol. The third-order valence-electron chi connectivity index (χ3n) is 2.31. The molecule has 0 amide bonds. The lowest BCUT2D eigenvalue weighted by atomic mass is 10.2. The zero-order valence-corrected chi connectivity index (χ0v) is 8.48. The van der Waals surface area contributed by atoms with Crippen LogP contribution in [0.3, 0.4) is 0 Å². The van der Waals surface area contributed by atoms with Crippen LogP contribution < -0.4 is 5.32 Å². The van der Waals surface area contributed by atoms with Crippen LogP contribution in [0.4, 0.5) is 0 Å². The van der Waals surface area contributed by atoms with Crippen molar-refractivity contribution in [3.63, 3.8) is 0 Å². The standard InChI is InChI=1S/C10H15NOS/c1-2-10(12-4-1)7-11-6-9-3-5-13-8-9/h3,5,8,10-11H,1-2,4,6-7H2/t10-/m1/s1. The number of ether oxygens (including phenoxy) is 1. The van der Waals surface area contributed by atoms with Gasteiger partial charge < -0.3 is 10.1 Å². The Kier molecular flexibility index (Phi) is 3.35. The smallest absolute Gasteiger partial charge is 0.0700 e. The van der Waals surface area contributed by atoms with Crippen molar-refractivity contribution in [2.24, 2.45) is 0 Å². The number of hydrogen-bond donors (Lipinski definition) is 1.